The molecule has 0 heteroatoms. The zero-order chi connectivity index (χ0) is 71.0. The van der Waals surface area contributed by atoms with Gasteiger partial charge in [-0.2, -0.15) is 0 Å². The van der Waals surface area contributed by atoms with Crippen molar-refractivity contribution in [2.24, 2.45) is 11.3 Å². The first-order valence-corrected chi connectivity index (χ1v) is 36.6. The normalized spacial score (nSPS) is 10.6. The van der Waals surface area contributed by atoms with E-state index in [-0.39, 0.29) is 18.8 Å². The minimum absolute atomic E-state index is 0. The van der Waals surface area contributed by atoms with Gasteiger partial charge in [-0.3, -0.25) is 0 Å². The van der Waals surface area contributed by atoms with Crippen LogP contribution in [0.2, 0.25) is 0 Å². The largest absolute Gasteiger partial charge is 0.0776 e. The molecule has 97 heavy (non-hydrogen) atoms. The fraction of sp³-hybridized carbons (Fsp3) is 0.361. The van der Waals surface area contributed by atoms with E-state index >= 15 is 0 Å². The van der Waals surface area contributed by atoms with Crippen LogP contribution in [-0.2, 0) is 0 Å². The molecule has 1 saturated carbocycles. The van der Waals surface area contributed by atoms with Gasteiger partial charge in [-0.05, 0) is 119 Å². The molecule has 0 unspecified atom stereocenters. The molecule has 11 aromatic rings. The van der Waals surface area contributed by atoms with Crippen LogP contribution in [0.15, 0.2) is 279 Å². The Hall–Kier alpha value is -8.06. The highest BCUT2D eigenvalue weighted by atomic mass is 14.1. The van der Waals surface area contributed by atoms with Gasteiger partial charge >= 0.3 is 0 Å². The van der Waals surface area contributed by atoms with Gasteiger partial charge in [0, 0.05) is 11.4 Å². The highest BCUT2D eigenvalue weighted by Crippen LogP contribution is 2.25. The predicted octanol–water partition coefficient (Wildman–Crippen LogP) is 33.7. The Balaban J connectivity index is -0.000000139. The Labute approximate surface area is 609 Å². The van der Waals surface area contributed by atoms with Crippen LogP contribution < -0.4 is 0 Å². The maximum absolute atomic E-state index is 2.36. The fourth-order valence-corrected chi connectivity index (χ4v) is 9.56. The molecular formula is C97H150. The Bertz CT molecular complexity index is 3540. The second-order valence-electron chi connectivity index (χ2n) is 26.5. The molecule has 1 fully saturated rings. The Morgan fingerprint density at radius 2 is 0.660 bits per heavy atom. The highest BCUT2D eigenvalue weighted by Gasteiger charge is 2.06. The standard InChI is InChI=1S/3C13H12.2C11H10.C7H14.C7H8.C7H16.C5H12.C4H10.C3H8.C2H6.CH4.8H2/c1-11-7-5-6-10-13(11)12-8-3-2-4-9-12;1-11-6-5-9-13(10-11)12-7-3-2-4-8-12;1-11-7-9-13(10-8-11)12-5-3-2-4-6-12;1-9-5-4-7-10-6-2-3-8-11(9)10;1-9-6-7-10-4-2-3-5-11(10)8-9;2*1-7-5-3-2-4-6-7;1-3-5-7-6-4-2;1-5(2,3)4;1-3-4-2;1-3-2;1-2;;;;;;;;;/h3*2-10H,1H3;2*2-8H,1H3;7H,2-6H2,1H3;2-6H,1H3;3-7H2,1-2H3;1-4H3;3-4H2,1-2H3;3H2,1-2H3;1-2H3;1H4;8*1H. The molecule has 538 valence electrons. The number of hydrogen-bond donors (Lipinski definition) is 0. The van der Waals surface area contributed by atoms with E-state index in [0.29, 0.717) is 5.41 Å². The van der Waals surface area contributed by atoms with Gasteiger partial charge in [0.2, 0.25) is 0 Å². The number of aryl methyl sites for hydroxylation is 6. The third-order valence-electron chi connectivity index (χ3n) is 15.0. The van der Waals surface area contributed by atoms with Gasteiger partial charge in [-0.1, -0.05) is 482 Å². The van der Waals surface area contributed by atoms with Gasteiger partial charge in [0.25, 0.3) is 0 Å². The van der Waals surface area contributed by atoms with Crippen LogP contribution >= 0.6 is 0 Å². The lowest BCUT2D eigenvalue weighted by molar-refractivity contribution is 0.385. The molecule has 0 atom stereocenters. The van der Waals surface area contributed by atoms with Gasteiger partial charge < -0.3 is 0 Å². The molecule has 11 aromatic carbocycles. The summed E-state index contributed by atoms with van der Waals surface area (Å²) in [5.74, 6) is 1.04. The van der Waals surface area contributed by atoms with Crippen LogP contribution in [0.3, 0.4) is 0 Å². The lowest BCUT2D eigenvalue weighted by atomic mass is 9.91. The van der Waals surface area contributed by atoms with Crippen molar-refractivity contribution in [3.8, 4) is 33.4 Å². The molecule has 0 nitrogen and oxygen atoms in total. The van der Waals surface area contributed by atoms with E-state index in [1.807, 2.05) is 50.2 Å². The second-order valence-corrected chi connectivity index (χ2v) is 26.5. The molecular weight excluding hydrogens is 1170 g/mol. The van der Waals surface area contributed by atoms with E-state index < -0.39 is 0 Å². The first kappa shape index (κ1) is 88.9. The summed E-state index contributed by atoms with van der Waals surface area (Å²) < 4.78 is 0. The van der Waals surface area contributed by atoms with Crippen LogP contribution in [0.1, 0.15) is 226 Å². The minimum atomic E-state index is 0. The summed E-state index contributed by atoms with van der Waals surface area (Å²) in [5.41, 5.74) is 16.2. The monoisotopic (exact) mass is 1320 g/mol. The van der Waals surface area contributed by atoms with E-state index in [1.165, 1.54) is 172 Å². The number of rotatable bonds is 8. The highest BCUT2D eigenvalue weighted by molar-refractivity contribution is 5.85. The first-order chi connectivity index (χ1) is 46.4. The molecule has 0 aliphatic heterocycles. The maximum Gasteiger partial charge on any atom is 0 e. The summed E-state index contributed by atoms with van der Waals surface area (Å²) in [6.07, 6.45) is 18.3. The topological polar surface area (TPSA) is 0 Å². The van der Waals surface area contributed by atoms with Gasteiger partial charge in [-0.25, -0.2) is 0 Å². The van der Waals surface area contributed by atoms with Crippen molar-refractivity contribution in [1.29, 1.82) is 0 Å². The van der Waals surface area contributed by atoms with Gasteiger partial charge in [0.05, 0.1) is 0 Å². The zero-order valence-corrected chi connectivity index (χ0v) is 63.8. The van der Waals surface area contributed by atoms with E-state index in [4.69, 9.17) is 0 Å². The average molecular weight is 1320 g/mol. The van der Waals surface area contributed by atoms with E-state index in [1.54, 1.807) is 0 Å². The molecule has 0 N–H and O–H groups in total. The predicted molar refractivity (Wildman–Crippen MR) is 462 cm³/mol. The minimum Gasteiger partial charge on any atom is -0.0776 e. The fourth-order valence-electron chi connectivity index (χ4n) is 9.56. The first-order valence-electron chi connectivity index (χ1n) is 36.6. The summed E-state index contributed by atoms with van der Waals surface area (Å²) in [4.78, 5) is 0. The van der Waals surface area contributed by atoms with Crippen LogP contribution in [0.4, 0.5) is 0 Å². The molecule has 1 aliphatic carbocycles. The third-order valence-corrected chi connectivity index (χ3v) is 15.0. The van der Waals surface area contributed by atoms with Crippen LogP contribution in [-0.4, -0.2) is 0 Å². The van der Waals surface area contributed by atoms with Crippen molar-refractivity contribution in [2.45, 2.75) is 222 Å². The molecule has 0 amide bonds. The SMILES string of the molecule is C.CC.CC(C)(C)C.CC1CCCCC1.CCC.CCCC.CCCCCCC.Cc1ccc(-c2ccccc2)cc1.Cc1ccc2ccccc2c1.Cc1cccc(-c2ccccc2)c1.Cc1cccc2ccccc12.Cc1ccccc1.Cc1ccccc1-c1ccccc1.[HH].[HH].[HH].[HH].[HH].[HH].[HH].[HH]. The van der Waals surface area contributed by atoms with Gasteiger partial charge in [-0.15, -0.1) is 0 Å². The number of benzene rings is 11. The number of unbranched alkanes of at least 4 members (excludes halogenated alkanes) is 5. The number of fused-ring (bicyclic) bond motifs is 2. The summed E-state index contributed by atoms with van der Waals surface area (Å²) in [6.45, 7) is 40.9. The van der Waals surface area contributed by atoms with Crippen molar-refractivity contribution in [1.82, 2.24) is 0 Å². The van der Waals surface area contributed by atoms with Crippen LogP contribution in [0.25, 0.3) is 54.9 Å². The quantitative estimate of drug-likeness (QED) is 0.133. The van der Waals surface area contributed by atoms with Crippen molar-refractivity contribution in [3.05, 3.63) is 312 Å². The molecule has 0 bridgehead atoms. The molecule has 0 heterocycles. The molecule has 0 aromatic heterocycles. The van der Waals surface area contributed by atoms with Crippen molar-refractivity contribution >= 4 is 21.5 Å². The van der Waals surface area contributed by atoms with Crippen LogP contribution in [0.5, 0.6) is 0 Å². The third kappa shape index (κ3) is 44.4. The summed E-state index contributed by atoms with van der Waals surface area (Å²) in [5, 5.41) is 5.33. The van der Waals surface area contributed by atoms with Crippen LogP contribution in [0, 0.1) is 52.9 Å². The Kier molecular flexibility index (Phi) is 52.3. The van der Waals surface area contributed by atoms with Gasteiger partial charge in [0.15, 0.2) is 0 Å². The van der Waals surface area contributed by atoms with Gasteiger partial charge in [0.1, 0.15) is 0 Å². The second kappa shape index (κ2) is 57.1. The summed E-state index contributed by atoms with van der Waals surface area (Å²) >= 11 is 0. The summed E-state index contributed by atoms with van der Waals surface area (Å²) in [7, 11) is 0. The lowest BCUT2D eigenvalue weighted by Gasteiger charge is -2.15. The van der Waals surface area contributed by atoms with E-state index in [9.17, 15) is 0 Å². The van der Waals surface area contributed by atoms with E-state index in [0.717, 1.165) is 5.92 Å². The molecule has 12 rings (SSSR count). The van der Waals surface area contributed by atoms with Crippen molar-refractivity contribution < 1.29 is 11.4 Å². The van der Waals surface area contributed by atoms with Crippen molar-refractivity contribution in [3.63, 3.8) is 0 Å². The average Bonchev–Trinajstić information content (AvgIpc) is 0.845. The smallest absolute Gasteiger partial charge is 0 e. The van der Waals surface area contributed by atoms with Crippen molar-refractivity contribution in [2.75, 3.05) is 0 Å². The Morgan fingerprint density at radius 1 is 0.309 bits per heavy atom. The molecule has 0 spiro atoms. The zero-order valence-electron chi connectivity index (χ0n) is 63.8. The maximum atomic E-state index is 2.36. The molecule has 1 aliphatic rings. The van der Waals surface area contributed by atoms with E-state index in [2.05, 4.69) is 360 Å². The number of hydrogen-bond acceptors (Lipinski definition) is 0. The molecule has 0 saturated heterocycles. The summed E-state index contributed by atoms with van der Waals surface area (Å²) in [6, 6.07) is 96.9. The Morgan fingerprint density at radius 3 is 1.10 bits per heavy atom. The molecule has 0 radical (unpaired) electrons. The lowest BCUT2D eigenvalue weighted by Crippen LogP contribution is -1.99.